The van der Waals surface area contributed by atoms with Crippen molar-refractivity contribution in [2.75, 3.05) is 17.6 Å². The smallest absolute Gasteiger partial charge is 0.239 e. The molecule has 0 saturated heterocycles. The molecule has 0 unspecified atom stereocenters. The molecule has 0 aliphatic rings. The molecule has 0 fully saturated rings. The van der Waals surface area contributed by atoms with Gasteiger partial charge in [0.2, 0.25) is 15.9 Å². The molecule has 3 heterocycles. The van der Waals surface area contributed by atoms with E-state index >= 15 is 0 Å². The lowest BCUT2D eigenvalue weighted by Crippen LogP contribution is -2.19. The van der Waals surface area contributed by atoms with Crippen molar-refractivity contribution in [3.05, 3.63) is 90.8 Å². The minimum absolute atomic E-state index is 0.0396. The topological polar surface area (TPSA) is 133 Å². The van der Waals surface area contributed by atoms with Crippen LogP contribution in [0.2, 0.25) is 0 Å². The van der Waals surface area contributed by atoms with Crippen LogP contribution < -0.4 is 15.2 Å². The highest BCUT2D eigenvalue weighted by atomic mass is 32.2. The van der Waals surface area contributed by atoms with Gasteiger partial charge in [-0.2, -0.15) is 0 Å². The number of fused-ring (bicyclic) bond motifs is 1. The van der Waals surface area contributed by atoms with Crippen LogP contribution in [0.1, 0.15) is 5.69 Å². The Labute approximate surface area is 208 Å². The van der Waals surface area contributed by atoms with E-state index in [9.17, 15) is 8.42 Å². The Balaban J connectivity index is 1.58. The number of nitrogens with one attached hydrogen (secondary N) is 1. The van der Waals surface area contributed by atoms with Crippen molar-refractivity contribution in [2.45, 2.75) is 5.75 Å². The van der Waals surface area contributed by atoms with Crippen molar-refractivity contribution < 1.29 is 13.2 Å². The monoisotopic (exact) mass is 498 g/mol. The van der Waals surface area contributed by atoms with Gasteiger partial charge in [-0.3, -0.25) is 9.71 Å². The Morgan fingerprint density at radius 3 is 2.47 bits per heavy atom. The fourth-order valence-corrected chi connectivity index (χ4v) is 4.84. The minimum Gasteiger partial charge on any atom is -0.481 e. The predicted molar refractivity (Wildman–Crippen MR) is 140 cm³/mol. The molecule has 0 atom stereocenters. The van der Waals surface area contributed by atoms with E-state index in [4.69, 9.17) is 10.5 Å². The molecule has 36 heavy (non-hydrogen) atoms. The van der Waals surface area contributed by atoms with E-state index < -0.39 is 10.0 Å². The van der Waals surface area contributed by atoms with Gasteiger partial charge in [-0.05, 0) is 24.3 Å². The van der Waals surface area contributed by atoms with Gasteiger partial charge < -0.3 is 10.5 Å². The lowest BCUT2D eigenvalue weighted by molar-refractivity contribution is 0.397. The SMILES string of the molecule is COc1cccc(CS(=O)(=O)Nc2nc(-c3ccc4ncccc4c3)c(-c3ccccc3)nc2N)n1. The molecule has 0 aliphatic heterocycles. The van der Waals surface area contributed by atoms with Gasteiger partial charge in [0.1, 0.15) is 5.75 Å². The average molecular weight is 499 g/mol. The minimum atomic E-state index is -3.91. The summed E-state index contributed by atoms with van der Waals surface area (Å²) in [6, 6.07) is 23.9. The van der Waals surface area contributed by atoms with Crippen LogP contribution in [0.15, 0.2) is 85.1 Å². The second-order valence-electron chi connectivity index (χ2n) is 7.96. The van der Waals surface area contributed by atoms with Gasteiger partial charge in [0.25, 0.3) is 0 Å². The van der Waals surface area contributed by atoms with Crippen LogP contribution in [0.4, 0.5) is 11.6 Å². The lowest BCUT2D eigenvalue weighted by Gasteiger charge is -2.15. The van der Waals surface area contributed by atoms with E-state index in [0.29, 0.717) is 23.0 Å². The fourth-order valence-electron chi connectivity index (χ4n) is 3.77. The molecule has 0 radical (unpaired) electrons. The molecule has 0 spiro atoms. The summed E-state index contributed by atoms with van der Waals surface area (Å²) >= 11 is 0. The normalized spacial score (nSPS) is 11.4. The molecule has 10 heteroatoms. The molecule has 180 valence electrons. The quantitative estimate of drug-likeness (QED) is 0.340. The van der Waals surface area contributed by atoms with Gasteiger partial charge >= 0.3 is 0 Å². The zero-order valence-electron chi connectivity index (χ0n) is 19.3. The molecule has 3 N–H and O–H groups in total. The number of hydrogen-bond acceptors (Lipinski definition) is 8. The molecule has 0 bridgehead atoms. The number of hydrogen-bond donors (Lipinski definition) is 2. The maximum absolute atomic E-state index is 13.0. The van der Waals surface area contributed by atoms with E-state index in [1.807, 2.05) is 60.7 Å². The van der Waals surface area contributed by atoms with Crippen LogP contribution in [-0.4, -0.2) is 35.5 Å². The third kappa shape index (κ3) is 4.93. The number of sulfonamides is 1. The Morgan fingerprint density at radius 1 is 0.861 bits per heavy atom. The summed E-state index contributed by atoms with van der Waals surface area (Å²) < 4.78 is 33.5. The first-order chi connectivity index (χ1) is 17.4. The number of methoxy groups -OCH3 is 1. The number of nitrogens with two attached hydrogens (primary N) is 1. The van der Waals surface area contributed by atoms with Gasteiger partial charge in [0.15, 0.2) is 11.6 Å². The Morgan fingerprint density at radius 2 is 1.67 bits per heavy atom. The van der Waals surface area contributed by atoms with Gasteiger partial charge in [-0.25, -0.2) is 23.4 Å². The molecule has 0 aliphatic carbocycles. The highest BCUT2D eigenvalue weighted by molar-refractivity contribution is 7.91. The summed E-state index contributed by atoms with van der Waals surface area (Å²) in [6.45, 7) is 0. The summed E-state index contributed by atoms with van der Waals surface area (Å²) in [7, 11) is -2.44. The van der Waals surface area contributed by atoms with Crippen LogP contribution in [0.25, 0.3) is 33.4 Å². The van der Waals surface area contributed by atoms with E-state index in [1.165, 1.54) is 7.11 Å². The first-order valence-corrected chi connectivity index (χ1v) is 12.7. The summed E-state index contributed by atoms with van der Waals surface area (Å²) in [4.78, 5) is 17.7. The number of ether oxygens (including phenoxy) is 1. The molecular formula is C26H22N6O3S. The number of aromatic nitrogens is 4. The van der Waals surface area contributed by atoms with Crippen LogP contribution in [0.5, 0.6) is 5.88 Å². The molecule has 5 aromatic rings. The number of pyridine rings is 2. The van der Waals surface area contributed by atoms with Crippen LogP contribution in [0, 0.1) is 0 Å². The Bertz CT molecular complexity index is 1660. The summed E-state index contributed by atoms with van der Waals surface area (Å²) in [5.41, 5.74) is 9.91. The van der Waals surface area contributed by atoms with Gasteiger partial charge in [-0.15, -0.1) is 0 Å². The summed E-state index contributed by atoms with van der Waals surface area (Å²) in [5.74, 6) is -0.161. The van der Waals surface area contributed by atoms with E-state index in [-0.39, 0.29) is 17.4 Å². The highest BCUT2D eigenvalue weighted by Crippen LogP contribution is 2.34. The molecule has 0 saturated carbocycles. The molecule has 3 aromatic heterocycles. The first-order valence-electron chi connectivity index (χ1n) is 11.0. The summed E-state index contributed by atoms with van der Waals surface area (Å²) in [6.07, 6.45) is 1.73. The fraction of sp³-hybridized carbons (Fsp3) is 0.0769. The zero-order chi connectivity index (χ0) is 25.1. The predicted octanol–water partition coefficient (Wildman–Crippen LogP) is 4.29. The average Bonchev–Trinajstić information content (AvgIpc) is 2.89. The summed E-state index contributed by atoms with van der Waals surface area (Å²) in [5, 5.41) is 0.916. The number of benzene rings is 2. The maximum atomic E-state index is 13.0. The van der Waals surface area contributed by atoms with Gasteiger partial charge in [-0.1, -0.05) is 48.5 Å². The van der Waals surface area contributed by atoms with Crippen molar-refractivity contribution in [2.24, 2.45) is 0 Å². The van der Waals surface area contributed by atoms with Crippen LogP contribution in [0.3, 0.4) is 0 Å². The van der Waals surface area contributed by atoms with Crippen LogP contribution in [-0.2, 0) is 15.8 Å². The Kier molecular flexibility index (Phi) is 6.17. The van der Waals surface area contributed by atoms with Gasteiger partial charge in [0.05, 0.1) is 29.7 Å². The van der Waals surface area contributed by atoms with E-state index in [0.717, 1.165) is 22.0 Å². The largest absolute Gasteiger partial charge is 0.481 e. The van der Waals surface area contributed by atoms with Crippen molar-refractivity contribution in [3.8, 4) is 28.4 Å². The molecular weight excluding hydrogens is 476 g/mol. The Hall–Kier alpha value is -4.57. The number of rotatable bonds is 7. The first kappa shape index (κ1) is 23.2. The molecule has 5 rings (SSSR count). The molecule has 2 aromatic carbocycles. The zero-order valence-corrected chi connectivity index (χ0v) is 20.1. The van der Waals surface area contributed by atoms with Crippen molar-refractivity contribution in [1.82, 2.24) is 19.9 Å². The lowest BCUT2D eigenvalue weighted by atomic mass is 10.0. The standard InChI is InChI=1S/C26H22N6O3S/c1-35-22-11-5-10-20(29-22)16-36(33,34)32-26-25(27)30-23(17-7-3-2-4-8-17)24(31-26)19-12-13-21-18(15-19)9-6-14-28-21/h2-15H,16H2,1H3,(H2,27,30)(H,31,32). The number of nitrogens with zero attached hydrogens (tertiary/aromatic N) is 4. The number of anilines is 2. The second kappa shape index (κ2) is 9.59. The maximum Gasteiger partial charge on any atom is 0.239 e. The van der Waals surface area contributed by atoms with E-state index in [1.54, 1.807) is 24.4 Å². The molecule has 9 nitrogen and oxygen atoms in total. The number of nitrogen functional groups attached to an aromatic ring is 1. The third-order valence-electron chi connectivity index (χ3n) is 5.43. The third-order valence-corrected chi connectivity index (χ3v) is 6.61. The van der Waals surface area contributed by atoms with Crippen molar-refractivity contribution in [1.29, 1.82) is 0 Å². The van der Waals surface area contributed by atoms with Crippen molar-refractivity contribution in [3.63, 3.8) is 0 Å². The van der Waals surface area contributed by atoms with E-state index in [2.05, 4.69) is 24.7 Å². The second-order valence-corrected chi connectivity index (χ2v) is 9.69. The molecule has 0 amide bonds. The van der Waals surface area contributed by atoms with Crippen molar-refractivity contribution >= 4 is 32.6 Å². The van der Waals surface area contributed by atoms with Crippen LogP contribution >= 0.6 is 0 Å². The highest BCUT2D eigenvalue weighted by Gasteiger charge is 2.20. The van der Waals surface area contributed by atoms with Gasteiger partial charge in [0, 0.05) is 28.8 Å².